The van der Waals surface area contributed by atoms with Gasteiger partial charge >= 0.3 is 0 Å². The minimum absolute atomic E-state index is 0.855. The van der Waals surface area contributed by atoms with Gasteiger partial charge in [0.15, 0.2) is 0 Å². The minimum atomic E-state index is 0.855. The van der Waals surface area contributed by atoms with Crippen molar-refractivity contribution in [2.45, 2.75) is 53.0 Å². The number of aromatic nitrogens is 1. The van der Waals surface area contributed by atoms with Crippen LogP contribution in [-0.2, 0) is 6.54 Å². The van der Waals surface area contributed by atoms with Gasteiger partial charge in [-0.25, -0.2) is 0 Å². The number of aryl methyl sites for hydroxylation is 1. The predicted molar refractivity (Wildman–Crippen MR) is 86.2 cm³/mol. The van der Waals surface area contributed by atoms with Crippen LogP contribution in [0.2, 0.25) is 0 Å². The van der Waals surface area contributed by atoms with Gasteiger partial charge in [0.25, 0.3) is 0 Å². The van der Waals surface area contributed by atoms with Crippen LogP contribution in [0.4, 0.5) is 5.69 Å². The lowest BCUT2D eigenvalue weighted by Crippen LogP contribution is -2.36. The Balaban J connectivity index is 2.13. The molecule has 3 nitrogen and oxygen atoms in total. The maximum absolute atomic E-state index is 4.49. The van der Waals surface area contributed by atoms with Gasteiger partial charge in [0.1, 0.15) is 0 Å². The fraction of sp³-hybridized carbons (Fsp3) is 0.706. The molecule has 0 radical (unpaired) electrons. The minimum Gasteiger partial charge on any atom is -0.371 e. The summed E-state index contributed by atoms with van der Waals surface area (Å²) in [4.78, 5) is 7.06. The quantitative estimate of drug-likeness (QED) is 0.805. The van der Waals surface area contributed by atoms with Crippen LogP contribution in [0.5, 0.6) is 0 Å². The lowest BCUT2D eigenvalue weighted by atomic mass is 9.95. The van der Waals surface area contributed by atoms with Crippen LogP contribution in [-0.4, -0.2) is 24.6 Å². The molecular weight excluding hydrogens is 246 g/mol. The zero-order valence-electron chi connectivity index (χ0n) is 13.3. The van der Waals surface area contributed by atoms with E-state index in [1.165, 1.54) is 50.0 Å². The fourth-order valence-corrected chi connectivity index (χ4v) is 3.02. The Morgan fingerprint density at radius 2 is 2.25 bits per heavy atom. The van der Waals surface area contributed by atoms with E-state index in [4.69, 9.17) is 0 Å². The molecule has 0 saturated carbocycles. The van der Waals surface area contributed by atoms with Crippen molar-refractivity contribution in [3.05, 3.63) is 23.5 Å². The van der Waals surface area contributed by atoms with Crippen molar-refractivity contribution in [2.24, 2.45) is 5.92 Å². The third-order valence-electron chi connectivity index (χ3n) is 4.28. The molecular formula is C17H29N3. The summed E-state index contributed by atoms with van der Waals surface area (Å²) in [5.74, 6) is 0.855. The van der Waals surface area contributed by atoms with Crippen LogP contribution in [0.3, 0.4) is 0 Å². The van der Waals surface area contributed by atoms with E-state index >= 15 is 0 Å². The monoisotopic (exact) mass is 275 g/mol. The average Bonchev–Trinajstić information content (AvgIpc) is 2.49. The second-order valence-electron chi connectivity index (χ2n) is 5.99. The van der Waals surface area contributed by atoms with E-state index in [9.17, 15) is 0 Å². The van der Waals surface area contributed by atoms with Crippen molar-refractivity contribution in [1.82, 2.24) is 10.3 Å². The predicted octanol–water partition coefficient (Wildman–Crippen LogP) is 3.52. The molecule has 0 spiro atoms. The molecule has 1 N–H and O–H groups in total. The Morgan fingerprint density at radius 3 is 3.00 bits per heavy atom. The summed E-state index contributed by atoms with van der Waals surface area (Å²) in [7, 11) is 0. The summed E-state index contributed by atoms with van der Waals surface area (Å²) >= 11 is 0. The summed E-state index contributed by atoms with van der Waals surface area (Å²) in [6.45, 7) is 11.0. The van der Waals surface area contributed by atoms with Crippen LogP contribution >= 0.6 is 0 Å². The number of pyridine rings is 1. The van der Waals surface area contributed by atoms with Crippen molar-refractivity contribution in [3.63, 3.8) is 0 Å². The molecule has 1 unspecified atom stereocenters. The first-order valence-corrected chi connectivity index (χ1v) is 8.15. The number of hydrogen-bond acceptors (Lipinski definition) is 3. The zero-order chi connectivity index (χ0) is 14.4. The summed E-state index contributed by atoms with van der Waals surface area (Å²) in [6, 6.07) is 2.26. The molecule has 1 fully saturated rings. The van der Waals surface area contributed by atoms with Gasteiger partial charge in [-0.1, -0.05) is 20.3 Å². The van der Waals surface area contributed by atoms with E-state index < -0.39 is 0 Å². The first kappa shape index (κ1) is 15.3. The van der Waals surface area contributed by atoms with Crippen LogP contribution in [0.1, 0.15) is 50.8 Å². The molecule has 112 valence electrons. The highest BCUT2D eigenvalue weighted by molar-refractivity contribution is 5.54. The molecule has 1 atom stereocenters. The summed E-state index contributed by atoms with van der Waals surface area (Å²) in [6.07, 6.45) is 7.24. The number of piperidine rings is 1. The molecule has 0 aliphatic carbocycles. The standard InChI is InChI=1S/C17H29N3/c1-4-8-18-11-16-12-19-14(3)10-17(16)20-9-6-7-15(5-2)13-20/h10,12,15,18H,4-9,11,13H2,1-3H3. The van der Waals surface area contributed by atoms with Crippen molar-refractivity contribution in [2.75, 3.05) is 24.5 Å². The molecule has 1 aromatic heterocycles. The van der Waals surface area contributed by atoms with Crippen molar-refractivity contribution >= 4 is 5.69 Å². The van der Waals surface area contributed by atoms with Gasteiger partial charge in [-0.05, 0) is 44.7 Å². The average molecular weight is 275 g/mol. The number of hydrogen-bond donors (Lipinski definition) is 1. The van der Waals surface area contributed by atoms with E-state index in [2.05, 4.69) is 48.2 Å². The molecule has 2 heterocycles. The molecule has 1 aliphatic heterocycles. The summed E-state index contributed by atoms with van der Waals surface area (Å²) in [5.41, 5.74) is 3.87. The third kappa shape index (κ3) is 3.95. The van der Waals surface area contributed by atoms with Crippen molar-refractivity contribution in [1.29, 1.82) is 0 Å². The van der Waals surface area contributed by atoms with Gasteiger partial charge in [-0.3, -0.25) is 4.98 Å². The number of rotatable bonds is 6. The molecule has 2 rings (SSSR count). The molecule has 0 bridgehead atoms. The summed E-state index contributed by atoms with van der Waals surface area (Å²) < 4.78 is 0. The Labute approximate surface area is 123 Å². The first-order valence-electron chi connectivity index (χ1n) is 8.15. The molecule has 1 saturated heterocycles. The van der Waals surface area contributed by atoms with Gasteiger partial charge in [-0.15, -0.1) is 0 Å². The fourth-order valence-electron chi connectivity index (χ4n) is 3.02. The van der Waals surface area contributed by atoms with E-state index in [1.54, 1.807) is 0 Å². The SMILES string of the molecule is CCCNCc1cnc(C)cc1N1CCCC(CC)C1. The lowest BCUT2D eigenvalue weighted by Gasteiger charge is -2.35. The smallest absolute Gasteiger partial charge is 0.0445 e. The molecule has 0 amide bonds. The van der Waals surface area contributed by atoms with Crippen LogP contribution in [0, 0.1) is 12.8 Å². The first-order chi connectivity index (χ1) is 9.74. The highest BCUT2D eigenvalue weighted by atomic mass is 15.1. The number of nitrogens with one attached hydrogen (secondary N) is 1. The zero-order valence-corrected chi connectivity index (χ0v) is 13.3. The normalized spacial score (nSPS) is 19.4. The molecule has 0 aromatic carbocycles. The molecule has 20 heavy (non-hydrogen) atoms. The topological polar surface area (TPSA) is 28.2 Å². The highest BCUT2D eigenvalue weighted by Crippen LogP contribution is 2.27. The Bertz CT molecular complexity index is 417. The Hall–Kier alpha value is -1.09. The Kier molecular flexibility index (Phi) is 5.84. The van der Waals surface area contributed by atoms with Crippen molar-refractivity contribution in [3.8, 4) is 0 Å². The van der Waals surface area contributed by atoms with E-state index in [1.807, 2.05) is 0 Å². The van der Waals surface area contributed by atoms with Crippen LogP contribution in [0.15, 0.2) is 12.3 Å². The van der Waals surface area contributed by atoms with Gasteiger partial charge in [-0.2, -0.15) is 0 Å². The van der Waals surface area contributed by atoms with Gasteiger partial charge in [0, 0.05) is 42.8 Å². The second-order valence-corrected chi connectivity index (χ2v) is 5.99. The number of nitrogens with zero attached hydrogens (tertiary/aromatic N) is 2. The van der Waals surface area contributed by atoms with Crippen LogP contribution < -0.4 is 10.2 Å². The van der Waals surface area contributed by atoms with E-state index in [0.29, 0.717) is 0 Å². The number of anilines is 1. The summed E-state index contributed by atoms with van der Waals surface area (Å²) in [5, 5.41) is 3.51. The van der Waals surface area contributed by atoms with Gasteiger partial charge < -0.3 is 10.2 Å². The van der Waals surface area contributed by atoms with Gasteiger partial charge in [0.05, 0.1) is 0 Å². The maximum atomic E-state index is 4.49. The second kappa shape index (κ2) is 7.63. The molecule has 1 aliphatic rings. The highest BCUT2D eigenvalue weighted by Gasteiger charge is 2.20. The molecule has 3 heteroatoms. The largest absolute Gasteiger partial charge is 0.371 e. The van der Waals surface area contributed by atoms with E-state index in [-0.39, 0.29) is 0 Å². The van der Waals surface area contributed by atoms with Crippen molar-refractivity contribution < 1.29 is 0 Å². The lowest BCUT2D eigenvalue weighted by molar-refractivity contribution is 0.404. The van der Waals surface area contributed by atoms with Gasteiger partial charge in [0.2, 0.25) is 0 Å². The maximum Gasteiger partial charge on any atom is 0.0445 e. The van der Waals surface area contributed by atoms with Crippen LogP contribution in [0.25, 0.3) is 0 Å². The van der Waals surface area contributed by atoms with E-state index in [0.717, 1.165) is 24.7 Å². The Morgan fingerprint density at radius 1 is 1.40 bits per heavy atom. The third-order valence-corrected chi connectivity index (χ3v) is 4.28. The molecule has 1 aromatic rings.